The smallest absolute Gasteiger partial charge is 0.411 e. The second-order valence-electron chi connectivity index (χ2n) is 8.25. The molecule has 4 heterocycles. The summed E-state index contributed by atoms with van der Waals surface area (Å²) in [4.78, 5) is 25.1. The molecule has 0 amide bonds. The zero-order valence-electron chi connectivity index (χ0n) is 19.3. The quantitative estimate of drug-likeness (QED) is 0.396. The Morgan fingerprint density at radius 2 is 1.86 bits per heavy atom. The van der Waals surface area contributed by atoms with Crippen LogP contribution in [0.3, 0.4) is 0 Å². The molecular formula is C24H23FN7O3+. The topological polar surface area (TPSA) is 139 Å². The first-order valence-electron chi connectivity index (χ1n) is 10.9. The molecule has 0 bridgehead atoms. The molecule has 178 valence electrons. The number of aryl methyl sites for hydroxylation is 3. The van der Waals surface area contributed by atoms with E-state index in [0.717, 1.165) is 0 Å². The number of fused-ring (bicyclic) bond motifs is 1. The summed E-state index contributed by atoms with van der Waals surface area (Å²) in [5, 5.41) is 14.3. The molecule has 1 aromatic carbocycles. The molecule has 0 atom stereocenters. The van der Waals surface area contributed by atoms with Gasteiger partial charge in [0.05, 0.1) is 24.4 Å². The highest BCUT2D eigenvalue weighted by Crippen LogP contribution is 2.33. The summed E-state index contributed by atoms with van der Waals surface area (Å²) in [5.41, 5.74) is 10.2. The second kappa shape index (κ2) is 8.44. The number of benzene rings is 1. The van der Waals surface area contributed by atoms with E-state index < -0.39 is 5.69 Å². The molecular weight excluding hydrogens is 453 g/mol. The van der Waals surface area contributed by atoms with Gasteiger partial charge in [-0.3, -0.25) is 10.7 Å². The maximum absolute atomic E-state index is 13.7. The van der Waals surface area contributed by atoms with E-state index in [0.29, 0.717) is 51.1 Å². The number of anilines is 1. The lowest BCUT2D eigenvalue weighted by Crippen LogP contribution is -2.28. The number of halogens is 1. The molecule has 0 spiro atoms. The minimum absolute atomic E-state index is 0.0561. The fraction of sp³-hybridized carbons (Fsp3) is 0.208. The molecule has 0 unspecified atom stereocenters. The summed E-state index contributed by atoms with van der Waals surface area (Å²) in [6, 6.07) is 9.43. The van der Waals surface area contributed by atoms with Gasteiger partial charge in [0, 0.05) is 18.2 Å². The van der Waals surface area contributed by atoms with Crippen molar-refractivity contribution in [2.75, 3.05) is 5.73 Å². The van der Waals surface area contributed by atoms with Gasteiger partial charge in [-0.15, -0.1) is 9.50 Å². The van der Waals surface area contributed by atoms with Crippen molar-refractivity contribution in [3.8, 4) is 22.4 Å². The molecule has 0 fully saturated rings. The number of H-pyrrole nitrogens is 1. The van der Waals surface area contributed by atoms with E-state index in [1.807, 2.05) is 6.07 Å². The maximum Gasteiger partial charge on any atom is 0.411 e. The molecule has 35 heavy (non-hydrogen) atoms. The SMILES string of the molecule is Cc1cc(-c2c(-c3ccc(F)cc3)[nH+]c(N)n3c(=O)n(Cc4nc(C)oc4C)nc23)cc(CO)n1. The number of pyridine rings is 1. The molecule has 0 aliphatic heterocycles. The molecule has 10 nitrogen and oxygen atoms in total. The number of nitrogens with two attached hydrogens (primary N) is 1. The monoisotopic (exact) mass is 476 g/mol. The second-order valence-corrected chi connectivity index (χ2v) is 8.25. The third-order valence-corrected chi connectivity index (χ3v) is 5.70. The van der Waals surface area contributed by atoms with Gasteiger partial charge in [-0.2, -0.15) is 4.68 Å². The lowest BCUT2D eigenvalue weighted by atomic mass is 9.99. The molecule has 11 heteroatoms. The largest absolute Gasteiger partial charge is 0.446 e. The van der Waals surface area contributed by atoms with Crippen molar-refractivity contribution in [3.63, 3.8) is 0 Å². The summed E-state index contributed by atoms with van der Waals surface area (Å²) in [7, 11) is 0. The Balaban J connectivity index is 1.82. The van der Waals surface area contributed by atoms with Crippen LogP contribution in [-0.2, 0) is 13.2 Å². The van der Waals surface area contributed by atoms with Gasteiger partial charge >= 0.3 is 11.6 Å². The van der Waals surface area contributed by atoms with E-state index in [1.165, 1.54) is 21.2 Å². The van der Waals surface area contributed by atoms with Crippen LogP contribution in [0, 0.1) is 26.6 Å². The Labute approximate surface area is 198 Å². The van der Waals surface area contributed by atoms with Crippen molar-refractivity contribution in [1.82, 2.24) is 24.1 Å². The summed E-state index contributed by atoms with van der Waals surface area (Å²) in [6.45, 7) is 5.13. The normalized spacial score (nSPS) is 11.5. The molecule has 0 aliphatic rings. The number of nitrogens with one attached hydrogen (secondary N) is 1. The highest BCUT2D eigenvalue weighted by molar-refractivity contribution is 5.88. The number of rotatable bonds is 5. The molecule has 5 rings (SSSR count). The molecule has 0 aliphatic carbocycles. The van der Waals surface area contributed by atoms with Crippen LogP contribution >= 0.6 is 0 Å². The van der Waals surface area contributed by atoms with Crippen LogP contribution in [0.2, 0.25) is 0 Å². The zero-order chi connectivity index (χ0) is 24.9. The van der Waals surface area contributed by atoms with Crippen molar-refractivity contribution in [2.45, 2.75) is 33.9 Å². The third kappa shape index (κ3) is 3.95. The number of aliphatic hydroxyl groups is 1. The maximum atomic E-state index is 13.7. The van der Waals surface area contributed by atoms with Crippen LogP contribution < -0.4 is 16.4 Å². The molecule has 0 saturated carbocycles. The van der Waals surface area contributed by atoms with Crippen LogP contribution in [0.25, 0.3) is 28.0 Å². The van der Waals surface area contributed by atoms with Gasteiger partial charge in [0.25, 0.3) is 0 Å². The lowest BCUT2D eigenvalue weighted by molar-refractivity contribution is -0.351. The fourth-order valence-corrected chi connectivity index (χ4v) is 4.18. The van der Waals surface area contributed by atoms with Crippen molar-refractivity contribution < 1.29 is 18.9 Å². The summed E-state index contributed by atoms with van der Waals surface area (Å²) in [6.07, 6.45) is 0. The van der Waals surface area contributed by atoms with E-state index >= 15 is 0 Å². The predicted octanol–water partition coefficient (Wildman–Crippen LogP) is 2.21. The van der Waals surface area contributed by atoms with E-state index in [9.17, 15) is 14.3 Å². The minimum Gasteiger partial charge on any atom is -0.446 e. The molecule has 4 aromatic heterocycles. The molecule has 5 aromatic rings. The number of nitrogen functional groups attached to an aromatic ring is 1. The predicted molar refractivity (Wildman–Crippen MR) is 125 cm³/mol. The van der Waals surface area contributed by atoms with Gasteiger partial charge < -0.3 is 9.52 Å². The molecule has 4 N–H and O–H groups in total. The van der Waals surface area contributed by atoms with Crippen LogP contribution in [0.15, 0.2) is 45.6 Å². The van der Waals surface area contributed by atoms with Crippen molar-refractivity contribution in [2.24, 2.45) is 0 Å². The van der Waals surface area contributed by atoms with Crippen LogP contribution in [0.5, 0.6) is 0 Å². The highest BCUT2D eigenvalue weighted by Gasteiger charge is 2.26. The first-order valence-corrected chi connectivity index (χ1v) is 10.9. The first-order chi connectivity index (χ1) is 16.7. The Bertz CT molecular complexity index is 1630. The number of aromatic nitrogens is 6. The van der Waals surface area contributed by atoms with Gasteiger partial charge in [-0.25, -0.2) is 19.2 Å². The number of nitrogens with zero attached hydrogens (tertiary/aromatic N) is 5. The Morgan fingerprint density at radius 1 is 1.11 bits per heavy atom. The lowest BCUT2D eigenvalue weighted by Gasteiger charge is -2.11. The summed E-state index contributed by atoms with van der Waals surface area (Å²) in [5.74, 6) is 0.756. The Kier molecular flexibility index (Phi) is 5.40. The Hall–Kier alpha value is -4.38. The van der Waals surface area contributed by atoms with Crippen molar-refractivity contribution >= 4 is 11.6 Å². The van der Waals surface area contributed by atoms with E-state index in [1.54, 1.807) is 39.0 Å². The van der Waals surface area contributed by atoms with Crippen LogP contribution in [0.4, 0.5) is 10.3 Å². The highest BCUT2D eigenvalue weighted by atomic mass is 19.1. The van der Waals surface area contributed by atoms with Crippen molar-refractivity contribution in [3.05, 3.63) is 81.4 Å². The number of hydrogen-bond acceptors (Lipinski definition) is 7. The van der Waals surface area contributed by atoms with E-state index in [-0.39, 0.29) is 30.6 Å². The summed E-state index contributed by atoms with van der Waals surface area (Å²) >= 11 is 0. The van der Waals surface area contributed by atoms with Crippen LogP contribution in [-0.4, -0.2) is 29.3 Å². The van der Waals surface area contributed by atoms with Crippen LogP contribution in [0.1, 0.15) is 28.7 Å². The van der Waals surface area contributed by atoms with Gasteiger partial charge in [0.15, 0.2) is 5.89 Å². The third-order valence-electron chi connectivity index (χ3n) is 5.70. The van der Waals surface area contributed by atoms with Gasteiger partial charge in [-0.05, 0) is 55.8 Å². The zero-order valence-corrected chi connectivity index (χ0v) is 19.3. The fourth-order valence-electron chi connectivity index (χ4n) is 4.18. The number of hydrogen-bond donors (Lipinski definition) is 2. The van der Waals surface area contributed by atoms with E-state index in [4.69, 9.17) is 10.2 Å². The number of aliphatic hydroxyl groups excluding tert-OH is 1. The minimum atomic E-state index is -0.464. The van der Waals surface area contributed by atoms with Gasteiger partial charge in [-0.1, -0.05) is 0 Å². The summed E-state index contributed by atoms with van der Waals surface area (Å²) < 4.78 is 21.7. The van der Waals surface area contributed by atoms with Gasteiger partial charge in [0.2, 0.25) is 5.65 Å². The van der Waals surface area contributed by atoms with Crippen molar-refractivity contribution in [1.29, 1.82) is 0 Å². The average molecular weight is 476 g/mol. The molecule has 0 radical (unpaired) electrons. The first kappa shape index (κ1) is 22.4. The standard InChI is InChI=1S/C24H22FN7O3/c1-12-8-16(9-18(11-33)27-12)20-21(15-4-6-17(25)7-5-15)29-23(26)32-22(20)30-31(24(32)34)10-19-13(2)35-14(3)28-19/h4-9,33H,10-11H2,1-3H3,(H2,26,29)/p+1. The number of oxazole rings is 1. The molecule has 0 saturated heterocycles. The Morgan fingerprint density at radius 3 is 2.51 bits per heavy atom. The average Bonchev–Trinajstić information content (AvgIpc) is 3.31. The van der Waals surface area contributed by atoms with Gasteiger partial charge in [0.1, 0.15) is 23.0 Å². The number of aromatic amines is 1. The van der Waals surface area contributed by atoms with E-state index in [2.05, 4.69) is 20.1 Å².